The van der Waals surface area contributed by atoms with E-state index in [1.807, 2.05) is 56.9 Å². The number of carbonyl (C=O) groups excluding carboxylic acids is 2. The highest BCUT2D eigenvalue weighted by Gasteiger charge is 2.37. The zero-order valence-corrected chi connectivity index (χ0v) is 21.7. The van der Waals surface area contributed by atoms with Crippen LogP contribution in [0, 0.1) is 11.2 Å². The van der Waals surface area contributed by atoms with Crippen LogP contribution in [0.1, 0.15) is 69.7 Å². The van der Waals surface area contributed by atoms with E-state index in [0.29, 0.717) is 37.2 Å². The van der Waals surface area contributed by atoms with Crippen LogP contribution in [0.25, 0.3) is 0 Å². The van der Waals surface area contributed by atoms with Gasteiger partial charge in [-0.25, -0.2) is 4.39 Å². The van der Waals surface area contributed by atoms with E-state index < -0.39 is 17.6 Å². The first-order chi connectivity index (χ1) is 17.2. The Bertz CT molecular complexity index is 1090. The molecule has 36 heavy (non-hydrogen) atoms. The van der Waals surface area contributed by atoms with Crippen molar-refractivity contribution in [2.24, 2.45) is 5.41 Å². The minimum Gasteiger partial charge on any atom is -0.481 e. The third kappa shape index (κ3) is 5.89. The molecule has 1 saturated heterocycles. The molecule has 1 N–H and O–H groups in total. The predicted octanol–water partition coefficient (Wildman–Crippen LogP) is 4.80. The average molecular weight is 497 g/mol. The van der Waals surface area contributed by atoms with E-state index in [2.05, 4.69) is 5.32 Å². The molecule has 2 aromatic rings. The van der Waals surface area contributed by atoms with Gasteiger partial charge in [0.15, 0.2) is 6.10 Å². The lowest BCUT2D eigenvalue weighted by Crippen LogP contribution is -2.45. The first-order valence-electron chi connectivity index (χ1n) is 12.9. The van der Waals surface area contributed by atoms with Crippen molar-refractivity contribution in [2.75, 3.05) is 19.7 Å². The fourth-order valence-electron chi connectivity index (χ4n) is 4.97. The Morgan fingerprint density at radius 3 is 2.69 bits per heavy atom. The summed E-state index contributed by atoms with van der Waals surface area (Å²) in [4.78, 5) is 28.1. The van der Waals surface area contributed by atoms with Crippen molar-refractivity contribution in [3.8, 4) is 5.75 Å². The van der Waals surface area contributed by atoms with Crippen molar-refractivity contribution in [2.45, 2.75) is 71.6 Å². The number of fused-ring (bicyclic) bond motifs is 1. The second-order valence-corrected chi connectivity index (χ2v) is 10.7. The summed E-state index contributed by atoms with van der Waals surface area (Å²) in [6.07, 6.45) is 2.60. The Balaban J connectivity index is 1.61. The molecule has 3 unspecified atom stereocenters. The van der Waals surface area contributed by atoms with E-state index in [1.54, 1.807) is 6.07 Å². The van der Waals surface area contributed by atoms with Gasteiger partial charge in [-0.2, -0.15) is 0 Å². The van der Waals surface area contributed by atoms with Crippen LogP contribution in [0.15, 0.2) is 42.5 Å². The van der Waals surface area contributed by atoms with Gasteiger partial charge in [-0.05, 0) is 66.6 Å². The van der Waals surface area contributed by atoms with Crippen LogP contribution in [-0.2, 0) is 20.7 Å². The van der Waals surface area contributed by atoms with Gasteiger partial charge in [-0.1, -0.05) is 45.9 Å². The molecule has 2 aliphatic heterocycles. The van der Waals surface area contributed by atoms with Gasteiger partial charge in [0, 0.05) is 25.1 Å². The van der Waals surface area contributed by atoms with E-state index in [0.717, 1.165) is 30.6 Å². The Hall–Kier alpha value is -2.93. The highest BCUT2D eigenvalue weighted by atomic mass is 19.1. The minimum absolute atomic E-state index is 0.00803. The molecule has 6 nitrogen and oxygen atoms in total. The molecular weight excluding hydrogens is 459 g/mol. The fourth-order valence-corrected chi connectivity index (χ4v) is 4.97. The van der Waals surface area contributed by atoms with Gasteiger partial charge in [0.2, 0.25) is 5.91 Å². The third-order valence-corrected chi connectivity index (χ3v) is 6.88. The largest absolute Gasteiger partial charge is 0.481 e. The summed E-state index contributed by atoms with van der Waals surface area (Å²) >= 11 is 0. The number of halogens is 1. The summed E-state index contributed by atoms with van der Waals surface area (Å²) in [5.41, 5.74) is 2.13. The molecule has 7 heteroatoms. The molecule has 194 valence electrons. The Labute approximate surface area is 213 Å². The van der Waals surface area contributed by atoms with Crippen molar-refractivity contribution < 1.29 is 23.5 Å². The van der Waals surface area contributed by atoms with Gasteiger partial charge in [-0.3, -0.25) is 9.59 Å². The van der Waals surface area contributed by atoms with E-state index >= 15 is 0 Å². The fraction of sp³-hybridized carbons (Fsp3) is 0.517. The lowest BCUT2D eigenvalue weighted by Gasteiger charge is -2.41. The van der Waals surface area contributed by atoms with Gasteiger partial charge >= 0.3 is 0 Å². The minimum atomic E-state index is -0.645. The summed E-state index contributed by atoms with van der Waals surface area (Å²) in [7, 11) is 0. The molecule has 0 radical (unpaired) electrons. The lowest BCUT2D eigenvalue weighted by atomic mass is 9.85. The number of carbonyl (C=O) groups is 2. The predicted molar refractivity (Wildman–Crippen MR) is 136 cm³/mol. The van der Waals surface area contributed by atoms with Crippen LogP contribution in [0.5, 0.6) is 5.75 Å². The zero-order valence-electron chi connectivity index (χ0n) is 21.7. The molecule has 0 spiro atoms. The van der Waals surface area contributed by atoms with Crippen LogP contribution in [0.3, 0.4) is 0 Å². The molecule has 0 aromatic heterocycles. The molecule has 2 aromatic carbocycles. The normalized spacial score (nSPS) is 20.5. The number of amides is 2. The number of nitrogens with zero attached hydrogens (tertiary/aromatic N) is 1. The standard InChI is InChI=1S/C29H37FN2O4/c1-5-25(27(33)31-18-23-10-7-15-35-23)36-22-12-11-19-13-14-32(28(34)29(2,3)4)26(24(19)17-22)20-8-6-9-21(30)16-20/h6,8-9,11-12,16-17,23,25-26H,5,7,10,13-15,18H2,1-4H3,(H,31,33). The topological polar surface area (TPSA) is 67.9 Å². The second kappa shape index (κ2) is 11.0. The number of ether oxygens (including phenoxy) is 2. The summed E-state index contributed by atoms with van der Waals surface area (Å²) in [6, 6.07) is 11.8. The van der Waals surface area contributed by atoms with Gasteiger partial charge in [0.05, 0.1) is 12.1 Å². The lowest BCUT2D eigenvalue weighted by molar-refractivity contribution is -0.141. The number of hydrogen-bond donors (Lipinski definition) is 1. The van der Waals surface area contributed by atoms with Gasteiger partial charge in [0.1, 0.15) is 11.6 Å². The number of benzene rings is 2. The van der Waals surface area contributed by atoms with Crippen LogP contribution >= 0.6 is 0 Å². The average Bonchev–Trinajstić information content (AvgIpc) is 3.37. The summed E-state index contributed by atoms with van der Waals surface area (Å²) in [5, 5.41) is 2.95. The summed E-state index contributed by atoms with van der Waals surface area (Å²) in [5.74, 6) is 0.0501. The monoisotopic (exact) mass is 496 g/mol. The third-order valence-electron chi connectivity index (χ3n) is 6.88. The Kier molecular flexibility index (Phi) is 7.98. The molecule has 2 aliphatic rings. The molecule has 1 fully saturated rings. The first-order valence-corrected chi connectivity index (χ1v) is 12.9. The second-order valence-electron chi connectivity index (χ2n) is 10.7. The quantitative estimate of drug-likeness (QED) is 0.598. The number of rotatable bonds is 7. The van der Waals surface area contributed by atoms with Gasteiger partial charge in [0.25, 0.3) is 5.91 Å². The maximum Gasteiger partial charge on any atom is 0.261 e. The van der Waals surface area contributed by atoms with Crippen molar-refractivity contribution >= 4 is 11.8 Å². The zero-order chi connectivity index (χ0) is 25.9. The molecular formula is C29H37FN2O4. The van der Waals surface area contributed by atoms with Crippen molar-refractivity contribution in [1.82, 2.24) is 10.2 Å². The Morgan fingerprint density at radius 2 is 2.03 bits per heavy atom. The SMILES string of the molecule is CCC(Oc1ccc2c(c1)C(c1cccc(F)c1)N(C(=O)C(C)(C)C)CC2)C(=O)NCC1CCCO1. The van der Waals surface area contributed by atoms with Crippen LogP contribution in [-0.4, -0.2) is 48.6 Å². The highest BCUT2D eigenvalue weighted by molar-refractivity contribution is 5.83. The molecule has 0 saturated carbocycles. The van der Waals surface area contributed by atoms with Crippen molar-refractivity contribution in [3.05, 3.63) is 65.0 Å². The van der Waals surface area contributed by atoms with Gasteiger partial charge in [-0.15, -0.1) is 0 Å². The van der Waals surface area contributed by atoms with Crippen molar-refractivity contribution in [1.29, 1.82) is 0 Å². The maximum atomic E-state index is 14.2. The molecule has 2 amide bonds. The van der Waals surface area contributed by atoms with E-state index in [4.69, 9.17) is 9.47 Å². The van der Waals surface area contributed by atoms with Crippen LogP contribution in [0.2, 0.25) is 0 Å². The van der Waals surface area contributed by atoms with E-state index in [1.165, 1.54) is 12.1 Å². The summed E-state index contributed by atoms with van der Waals surface area (Å²) < 4.78 is 26.0. The Morgan fingerprint density at radius 1 is 1.22 bits per heavy atom. The van der Waals surface area contributed by atoms with Crippen LogP contribution in [0.4, 0.5) is 4.39 Å². The molecule has 0 aliphatic carbocycles. The summed E-state index contributed by atoms with van der Waals surface area (Å²) in [6.45, 7) is 9.37. The molecule has 3 atom stereocenters. The smallest absolute Gasteiger partial charge is 0.261 e. The number of hydrogen-bond acceptors (Lipinski definition) is 4. The van der Waals surface area contributed by atoms with E-state index in [-0.39, 0.29) is 23.7 Å². The van der Waals surface area contributed by atoms with Crippen LogP contribution < -0.4 is 10.1 Å². The van der Waals surface area contributed by atoms with Crippen molar-refractivity contribution in [3.63, 3.8) is 0 Å². The van der Waals surface area contributed by atoms with E-state index in [9.17, 15) is 14.0 Å². The number of nitrogens with one attached hydrogen (secondary N) is 1. The molecule has 4 rings (SSSR count). The first kappa shape index (κ1) is 26.1. The maximum absolute atomic E-state index is 14.2. The highest BCUT2D eigenvalue weighted by Crippen LogP contribution is 2.39. The molecule has 0 bridgehead atoms. The molecule has 2 heterocycles. The van der Waals surface area contributed by atoms with Gasteiger partial charge < -0.3 is 19.7 Å².